The highest BCUT2D eigenvalue weighted by Gasteiger charge is 2.61. The van der Waals surface area contributed by atoms with Crippen molar-refractivity contribution in [1.82, 2.24) is 0 Å². The summed E-state index contributed by atoms with van der Waals surface area (Å²) >= 11 is 0. The van der Waals surface area contributed by atoms with Crippen LogP contribution < -0.4 is 5.73 Å². The van der Waals surface area contributed by atoms with Crippen molar-refractivity contribution in [2.45, 2.75) is 43.7 Å². The number of aliphatic imine (C=N–C) groups is 1. The lowest BCUT2D eigenvalue weighted by Crippen LogP contribution is -2.46. The van der Waals surface area contributed by atoms with Gasteiger partial charge in [-0.25, -0.2) is 4.99 Å². The van der Waals surface area contributed by atoms with E-state index in [1.807, 2.05) is 6.07 Å². The van der Waals surface area contributed by atoms with E-state index in [-0.39, 0.29) is 12.1 Å². The van der Waals surface area contributed by atoms with Gasteiger partial charge >= 0.3 is 0 Å². The first-order chi connectivity index (χ1) is 11.9. The molecule has 0 aromatic heterocycles. The molecule has 2 N–H and O–H groups in total. The minimum absolute atomic E-state index is 0.123. The van der Waals surface area contributed by atoms with E-state index >= 15 is 0 Å². The van der Waals surface area contributed by atoms with Crippen molar-refractivity contribution < 1.29 is 17.0 Å². The Labute approximate surface area is 138 Å². The highest BCUT2D eigenvalue weighted by atomic mass is 16.5. The van der Waals surface area contributed by atoms with Crippen LogP contribution in [0.25, 0.3) is 0 Å². The maximum atomic E-state index is 11.3. The van der Waals surface area contributed by atoms with E-state index in [0.29, 0.717) is 12.0 Å². The third-order valence-corrected chi connectivity index (χ3v) is 5.76. The van der Waals surface area contributed by atoms with Crippen LogP contribution in [0.1, 0.15) is 49.9 Å². The number of methoxy groups -OCH3 is 1. The first-order valence-electron chi connectivity index (χ1n) is 9.03. The lowest BCUT2D eigenvalue weighted by molar-refractivity contribution is -0.00984. The lowest BCUT2D eigenvalue weighted by Gasteiger charge is -2.45. The zero-order valence-electron chi connectivity index (χ0n) is 15.2. The molecule has 0 amide bonds. The number of amidine groups is 1. The number of carbonyl (C=O) groups excluding carboxylic acids is 1. The second-order valence-corrected chi connectivity index (χ2v) is 6.79. The van der Waals surface area contributed by atoms with Gasteiger partial charge in [-0.15, -0.1) is 0 Å². The number of hydrogen-bond acceptors (Lipinski definition) is 5. The van der Waals surface area contributed by atoms with Crippen molar-refractivity contribution in [2.75, 3.05) is 13.7 Å². The number of ether oxygens (including phenoxy) is 2. The second kappa shape index (κ2) is 5.06. The third kappa shape index (κ3) is 1.96. The molecule has 4 rings (SSSR count). The quantitative estimate of drug-likeness (QED) is 0.849. The Bertz CT molecular complexity index is 757. The van der Waals surface area contributed by atoms with Crippen LogP contribution in [0.15, 0.2) is 23.2 Å². The SMILES string of the molecule is [2H]C1([2H])OC(N)=NC12c1cc(C=O)ccc1CC21CCC(OC)CC1. The minimum Gasteiger partial charge on any atom is -0.462 e. The molecular formula is C18H22N2O3. The third-order valence-electron chi connectivity index (χ3n) is 5.76. The van der Waals surface area contributed by atoms with Gasteiger partial charge in [0.25, 0.3) is 6.02 Å². The monoisotopic (exact) mass is 316 g/mol. The van der Waals surface area contributed by atoms with Gasteiger partial charge in [-0.1, -0.05) is 12.1 Å². The van der Waals surface area contributed by atoms with E-state index in [2.05, 4.69) is 4.99 Å². The molecule has 0 saturated heterocycles. The number of nitrogens with two attached hydrogens (primary N) is 1. The van der Waals surface area contributed by atoms with Crippen LogP contribution in [0.2, 0.25) is 0 Å². The zero-order chi connectivity index (χ0) is 17.9. The fraction of sp³-hybridized carbons (Fsp3) is 0.556. The van der Waals surface area contributed by atoms with Crippen molar-refractivity contribution >= 4 is 12.3 Å². The van der Waals surface area contributed by atoms with Crippen LogP contribution >= 0.6 is 0 Å². The molecule has 1 fully saturated rings. The van der Waals surface area contributed by atoms with Crippen molar-refractivity contribution in [3.8, 4) is 0 Å². The van der Waals surface area contributed by atoms with Gasteiger partial charge < -0.3 is 15.2 Å². The molecule has 5 nitrogen and oxygen atoms in total. The lowest BCUT2D eigenvalue weighted by atomic mass is 9.62. The van der Waals surface area contributed by atoms with E-state index in [1.165, 1.54) is 0 Å². The molecule has 5 heteroatoms. The average Bonchev–Trinajstić information content (AvgIpc) is 3.00. The molecule has 23 heavy (non-hydrogen) atoms. The molecule has 1 aliphatic heterocycles. The summed E-state index contributed by atoms with van der Waals surface area (Å²) in [6.45, 7) is -2.05. The summed E-state index contributed by atoms with van der Waals surface area (Å²) in [6, 6.07) is 5.32. The first-order valence-corrected chi connectivity index (χ1v) is 8.03. The van der Waals surface area contributed by atoms with Gasteiger partial charge in [0.15, 0.2) is 0 Å². The molecule has 3 aliphatic rings. The van der Waals surface area contributed by atoms with Crippen LogP contribution in [0.3, 0.4) is 0 Å². The van der Waals surface area contributed by atoms with Crippen molar-refractivity contribution in [3.05, 3.63) is 34.9 Å². The Balaban J connectivity index is 1.91. The highest BCUT2D eigenvalue weighted by molar-refractivity contribution is 5.78. The molecule has 122 valence electrons. The summed E-state index contributed by atoms with van der Waals surface area (Å²) in [5, 5.41) is 0. The number of hydrogen-bond donors (Lipinski definition) is 1. The van der Waals surface area contributed by atoms with Crippen molar-refractivity contribution in [1.29, 1.82) is 0 Å². The summed E-state index contributed by atoms with van der Waals surface area (Å²) in [5.41, 5.74) is 6.46. The highest BCUT2D eigenvalue weighted by Crippen LogP contribution is 2.61. The molecule has 1 heterocycles. The van der Waals surface area contributed by atoms with Crippen LogP contribution in [0.5, 0.6) is 0 Å². The van der Waals surface area contributed by atoms with Gasteiger partial charge in [0, 0.05) is 18.1 Å². The minimum atomic E-state index is -2.05. The molecule has 1 aromatic carbocycles. The largest absolute Gasteiger partial charge is 0.462 e. The Hall–Kier alpha value is -1.88. The van der Waals surface area contributed by atoms with E-state index in [0.717, 1.165) is 43.1 Å². The molecule has 0 radical (unpaired) electrons. The van der Waals surface area contributed by atoms with Gasteiger partial charge in [-0.05, 0) is 49.3 Å². The Morgan fingerprint density at radius 3 is 2.87 bits per heavy atom. The topological polar surface area (TPSA) is 73.9 Å². The maximum absolute atomic E-state index is 11.3. The van der Waals surface area contributed by atoms with Crippen LogP contribution in [-0.2, 0) is 21.4 Å². The standard InChI is InChI=1S/C18H22N2O3/c1-22-14-4-6-17(7-5-14)9-13-3-2-12(10-21)8-15(13)18(17)11-23-16(19)20-18/h2-3,8,10,14H,4-7,9,11H2,1H3,(H2,19,20)/i11D2. The predicted octanol–water partition coefficient (Wildman–Crippen LogP) is 2.17. The summed E-state index contributed by atoms with van der Waals surface area (Å²) in [5.74, 6) is 0. The van der Waals surface area contributed by atoms with Crippen molar-refractivity contribution in [2.24, 2.45) is 16.1 Å². The van der Waals surface area contributed by atoms with Crippen LogP contribution in [-0.4, -0.2) is 32.1 Å². The summed E-state index contributed by atoms with van der Waals surface area (Å²) in [7, 11) is 1.71. The number of carbonyl (C=O) groups is 1. The van der Waals surface area contributed by atoms with Gasteiger partial charge in [0.1, 0.15) is 18.4 Å². The van der Waals surface area contributed by atoms with E-state index in [1.54, 1.807) is 19.2 Å². The van der Waals surface area contributed by atoms with Gasteiger partial charge in [0.2, 0.25) is 0 Å². The first kappa shape index (κ1) is 12.5. The fourth-order valence-corrected chi connectivity index (χ4v) is 4.53. The molecule has 1 aromatic rings. The molecular weight excluding hydrogens is 292 g/mol. The fourth-order valence-electron chi connectivity index (χ4n) is 4.53. The smallest absolute Gasteiger partial charge is 0.283 e. The average molecular weight is 316 g/mol. The van der Waals surface area contributed by atoms with Gasteiger partial charge in [-0.2, -0.15) is 0 Å². The number of benzene rings is 1. The zero-order valence-corrected chi connectivity index (χ0v) is 13.2. The van der Waals surface area contributed by atoms with Crippen molar-refractivity contribution in [3.63, 3.8) is 0 Å². The molecule has 2 aliphatic carbocycles. The number of rotatable bonds is 2. The molecule has 1 saturated carbocycles. The van der Waals surface area contributed by atoms with Crippen LogP contribution in [0, 0.1) is 5.41 Å². The second-order valence-electron chi connectivity index (χ2n) is 6.79. The number of fused-ring (bicyclic) bond motifs is 3. The summed E-state index contributed by atoms with van der Waals surface area (Å²) in [4.78, 5) is 15.8. The number of aldehydes is 1. The van der Waals surface area contributed by atoms with E-state index in [9.17, 15) is 4.79 Å². The Kier molecular flexibility index (Phi) is 2.76. The van der Waals surface area contributed by atoms with E-state index in [4.69, 9.17) is 17.9 Å². The summed E-state index contributed by atoms with van der Waals surface area (Å²) in [6.07, 6.45) is 4.91. The van der Waals surface area contributed by atoms with Gasteiger partial charge in [-0.3, -0.25) is 4.79 Å². The normalized spacial score (nSPS) is 38.7. The number of nitrogens with zero attached hydrogens (tertiary/aromatic N) is 1. The summed E-state index contributed by atoms with van der Waals surface area (Å²) < 4.78 is 28.1. The Morgan fingerprint density at radius 1 is 1.48 bits per heavy atom. The molecule has 1 unspecified atom stereocenters. The molecule has 1 atom stereocenters. The van der Waals surface area contributed by atoms with E-state index < -0.39 is 17.5 Å². The van der Waals surface area contributed by atoms with Crippen LogP contribution in [0.4, 0.5) is 0 Å². The molecule has 0 bridgehead atoms. The maximum Gasteiger partial charge on any atom is 0.283 e. The van der Waals surface area contributed by atoms with Gasteiger partial charge in [0.05, 0.1) is 8.85 Å². The molecule has 2 spiro atoms. The Morgan fingerprint density at radius 2 is 2.26 bits per heavy atom. The predicted molar refractivity (Wildman–Crippen MR) is 86.5 cm³/mol.